The first-order chi connectivity index (χ1) is 26.3. The Balaban J connectivity index is 0.00000171. The molecule has 9 rings (SSSR count). The molecule has 1 aliphatic heterocycles. The third-order valence-electron chi connectivity index (χ3n) is 8.82. The van der Waals surface area contributed by atoms with E-state index >= 15 is 0 Å². The second-order valence-corrected chi connectivity index (χ2v) is 17.4. The molecule has 5 heterocycles. The predicted molar refractivity (Wildman–Crippen MR) is 189 cm³/mol. The molecule has 1 aliphatic rings. The number of hydrogen-bond acceptors (Lipinski definition) is 14. The average molecular weight is 1050 g/mol. The monoisotopic (exact) mass is 1050 g/mol. The summed E-state index contributed by atoms with van der Waals surface area (Å²) in [7, 11) is -26.0. The van der Waals surface area contributed by atoms with Gasteiger partial charge < -0.3 is 48.1 Å². The van der Waals surface area contributed by atoms with Gasteiger partial charge in [0.05, 0.1) is 19.6 Å². The molecule has 2 radical (unpaired) electrons. The van der Waals surface area contributed by atoms with Crippen LogP contribution in [0.2, 0.25) is 0 Å². The smallest absolute Gasteiger partial charge is 0.744 e. The number of nitrogens with one attached hydrogen (secondary N) is 2. The van der Waals surface area contributed by atoms with Gasteiger partial charge in [-0.3, -0.25) is 5.65 Å². The predicted octanol–water partition coefficient (Wildman–Crippen LogP) is -10.0. The van der Waals surface area contributed by atoms with Crippen molar-refractivity contribution in [2.24, 2.45) is 0 Å². The summed E-state index contributed by atoms with van der Waals surface area (Å²) in [6, 6.07) is 19.6. The molecule has 30 heteroatoms. The quantitative estimate of drug-likeness (QED) is 0.122. The molecule has 2 N–H and O–H groups in total. The number of aromatic amines is 2. The minimum Gasteiger partial charge on any atom is -0.744 e. The molecule has 0 spiro atoms. The largest absolute Gasteiger partial charge is 2.00 e. The molecular formula is C32H14Cu2N8Na4O12S4. The minimum atomic E-state index is -6.60. The van der Waals surface area contributed by atoms with E-state index in [0.717, 1.165) is 0 Å². The van der Waals surface area contributed by atoms with Gasteiger partial charge in [0, 0.05) is 22.2 Å². The summed E-state index contributed by atoms with van der Waals surface area (Å²) in [4.78, 5) is 22.9. The molecular weight excluding hydrogens is 1040 g/mol. The standard InChI is InChI=1S/C32H18N8O12S4.2Cu.4Na/c41-53(42,43)21-19-20(22(54(44,45)46)24(56(50,51)52)23(21)55(47,48)49)32-39-30-18-12-6-4-10-16(18)28(37-30)35-26-14-8-2-1-7-13(14)25(33-26)34-27-15-9-3-5-11-17(15)29(36-27)38-31(19)40-32;;;;;;/h1-12,40H,(H,34,36,38)(H,41,42,43)(H,44,45,46)(H,47,48,49)(H,50,51,52);;;;;;/q-4;2*+2;4*+1/p-4. The van der Waals surface area contributed by atoms with Crippen molar-refractivity contribution in [1.82, 2.24) is 39.9 Å². The number of benzene rings is 4. The van der Waals surface area contributed by atoms with Crippen LogP contribution < -0.4 is 138 Å². The van der Waals surface area contributed by atoms with Crippen LogP contribution in [0.4, 0.5) is 0 Å². The van der Waals surface area contributed by atoms with Crippen molar-refractivity contribution in [3.05, 3.63) is 72.8 Å². The van der Waals surface area contributed by atoms with Crippen LogP contribution in [0, 0.1) is 0 Å². The Morgan fingerprint density at radius 3 is 1.31 bits per heavy atom. The molecule has 0 saturated heterocycles. The molecule has 0 atom stereocenters. The summed E-state index contributed by atoms with van der Waals surface area (Å²) in [5.41, 5.74) is -1.19. The van der Waals surface area contributed by atoms with Crippen LogP contribution in [-0.2, 0) is 74.6 Å². The second-order valence-electron chi connectivity index (χ2n) is 12.1. The minimum absolute atomic E-state index is 0. The summed E-state index contributed by atoms with van der Waals surface area (Å²) in [6.45, 7) is 0. The molecule has 304 valence electrons. The van der Waals surface area contributed by atoms with E-state index < -0.39 is 82.1 Å². The molecule has 8 aromatic rings. The van der Waals surface area contributed by atoms with E-state index in [1.807, 2.05) is 0 Å². The summed E-state index contributed by atoms with van der Waals surface area (Å²) < 4.78 is 154. The van der Waals surface area contributed by atoms with E-state index in [1.54, 1.807) is 60.7 Å². The van der Waals surface area contributed by atoms with Crippen LogP contribution in [-0.4, -0.2) is 71.8 Å². The van der Waals surface area contributed by atoms with Crippen LogP contribution in [0.1, 0.15) is 0 Å². The number of hydrogen-bond donors (Lipinski definition) is 2. The Morgan fingerprint density at radius 2 is 0.823 bits per heavy atom. The fourth-order valence-electron chi connectivity index (χ4n) is 6.72. The SMILES string of the molecule is O=S(=O)([O-])c1c(S(=O)(=O)[O-])c(S(=O)(=O)[O-])c2c3[n-]c4[n-]c([n-]c5[n-]c([nH]c6nc(nc([nH]3)c2c1S(=O)(=O)[O-])-c1ccccc1-6)c1ccccc51)c1ccccc41.[Cu+2].[Cu+2].[Na+].[Na+].[Na+].[Na+]. The first-order valence-corrected chi connectivity index (χ1v) is 21.1. The van der Waals surface area contributed by atoms with E-state index in [4.69, 9.17) is 4.98 Å². The second kappa shape index (κ2) is 19.6. The number of H-pyrrole nitrogens is 2. The Labute approximate surface area is 459 Å². The van der Waals surface area contributed by atoms with Gasteiger partial charge in [-0.05, 0) is 16.2 Å². The molecule has 20 nitrogen and oxygen atoms in total. The van der Waals surface area contributed by atoms with Crippen LogP contribution in [0.3, 0.4) is 0 Å². The van der Waals surface area contributed by atoms with Gasteiger partial charge in [0.2, 0.25) is 0 Å². The number of nitrogens with zero attached hydrogens (tertiary/aromatic N) is 6. The Bertz CT molecular complexity index is 3760. The van der Waals surface area contributed by atoms with E-state index in [-0.39, 0.29) is 198 Å². The fourth-order valence-corrected chi connectivity index (χ4v) is 11.6. The third kappa shape index (κ3) is 9.54. The zero-order valence-corrected chi connectivity index (χ0v) is 44.9. The van der Waals surface area contributed by atoms with E-state index in [0.29, 0.717) is 21.7 Å². The van der Waals surface area contributed by atoms with Crippen molar-refractivity contribution >= 4 is 107 Å². The Hall–Kier alpha value is -1.08. The zero-order valence-electron chi connectivity index (χ0n) is 31.7. The summed E-state index contributed by atoms with van der Waals surface area (Å²) in [5, 5.41) is -1.06. The van der Waals surface area contributed by atoms with Crippen molar-refractivity contribution < 1.29 is 204 Å². The van der Waals surface area contributed by atoms with Crippen molar-refractivity contribution in [1.29, 1.82) is 0 Å². The van der Waals surface area contributed by atoms with Gasteiger partial charge in [-0.1, -0.05) is 89.2 Å². The van der Waals surface area contributed by atoms with Gasteiger partial charge in [-0.2, -0.15) is 5.65 Å². The van der Waals surface area contributed by atoms with Gasteiger partial charge in [-0.25, -0.2) is 49.3 Å². The Kier molecular flexibility index (Phi) is 17.5. The first kappa shape index (κ1) is 55.2. The summed E-state index contributed by atoms with van der Waals surface area (Å²) in [5.74, 6) is -0.207. The van der Waals surface area contributed by atoms with Crippen LogP contribution in [0.25, 0.3) is 89.0 Å². The van der Waals surface area contributed by atoms with Crippen molar-refractivity contribution in [3.63, 3.8) is 0 Å². The number of rotatable bonds is 4. The summed E-state index contributed by atoms with van der Waals surface area (Å²) in [6.07, 6.45) is 0. The molecule has 0 fully saturated rings. The molecule has 62 heavy (non-hydrogen) atoms. The molecule has 8 bridgehead atoms. The summed E-state index contributed by atoms with van der Waals surface area (Å²) >= 11 is 0. The molecule has 0 unspecified atom stereocenters. The maximum atomic E-state index is 13.0. The van der Waals surface area contributed by atoms with E-state index in [9.17, 15) is 51.9 Å². The third-order valence-corrected chi connectivity index (χ3v) is 12.8. The average Bonchev–Trinajstić information content (AvgIpc) is 3.84. The maximum absolute atomic E-state index is 13.0. The molecule has 4 aromatic carbocycles. The van der Waals surface area contributed by atoms with Gasteiger partial charge in [0.25, 0.3) is 0 Å². The normalized spacial score (nSPS) is 11.9. The molecule has 4 aromatic heterocycles. The first-order valence-electron chi connectivity index (χ1n) is 15.5. The van der Waals surface area contributed by atoms with Crippen LogP contribution in [0.15, 0.2) is 92.4 Å². The fraction of sp³-hybridized carbons (Fsp3) is 0. The molecule has 0 saturated carbocycles. The zero-order chi connectivity index (χ0) is 39.7. The topological polar surface area (TPSA) is 343 Å². The van der Waals surface area contributed by atoms with Gasteiger partial charge in [0.1, 0.15) is 46.3 Å². The van der Waals surface area contributed by atoms with Crippen LogP contribution in [0.5, 0.6) is 0 Å². The van der Waals surface area contributed by atoms with E-state index in [1.165, 1.54) is 12.1 Å². The van der Waals surface area contributed by atoms with Gasteiger partial charge in [0.15, 0.2) is 5.82 Å². The number of aromatic nitrogens is 8. The maximum Gasteiger partial charge on any atom is 2.00 e. The number of fused-ring (bicyclic) bond motifs is 20. The van der Waals surface area contributed by atoms with Crippen molar-refractivity contribution in [2.75, 3.05) is 0 Å². The van der Waals surface area contributed by atoms with Crippen molar-refractivity contribution in [2.45, 2.75) is 19.6 Å². The van der Waals surface area contributed by atoms with E-state index in [2.05, 4.69) is 34.9 Å². The van der Waals surface area contributed by atoms with Crippen LogP contribution >= 0.6 is 0 Å². The van der Waals surface area contributed by atoms with Gasteiger partial charge >= 0.3 is 152 Å². The Morgan fingerprint density at radius 1 is 0.435 bits per heavy atom. The van der Waals surface area contributed by atoms with Gasteiger partial charge in [-0.15, -0.1) is 5.65 Å². The molecule has 0 amide bonds. The van der Waals surface area contributed by atoms with Crippen molar-refractivity contribution in [3.8, 4) is 22.8 Å². The molecule has 0 aliphatic carbocycles.